The van der Waals surface area contributed by atoms with Crippen molar-refractivity contribution in [1.29, 1.82) is 0 Å². The SMILES string of the molecule is CC1(C)C2=C(C=CCC2)c2ccc(N(c3ccccc3)c3cc(Br)cc(N(c4ccccc4)c4ccc5c(c4)C(C)(C)c4ccccc4-5)c3)cc21. The number of halogens is 1. The molecule has 51 heavy (non-hydrogen) atoms. The summed E-state index contributed by atoms with van der Waals surface area (Å²) in [5, 5.41) is 0. The number of hydrogen-bond donors (Lipinski definition) is 0. The van der Waals surface area contributed by atoms with Gasteiger partial charge in [0.1, 0.15) is 0 Å². The second-order valence-electron chi connectivity index (χ2n) is 15.1. The van der Waals surface area contributed by atoms with E-state index in [9.17, 15) is 0 Å². The van der Waals surface area contributed by atoms with Gasteiger partial charge in [0.25, 0.3) is 0 Å². The van der Waals surface area contributed by atoms with E-state index in [-0.39, 0.29) is 10.8 Å². The van der Waals surface area contributed by atoms with Crippen molar-refractivity contribution in [3.05, 3.63) is 184 Å². The highest BCUT2D eigenvalue weighted by Crippen LogP contribution is 2.53. The van der Waals surface area contributed by atoms with Crippen LogP contribution in [0.1, 0.15) is 62.8 Å². The Morgan fingerprint density at radius 3 is 1.63 bits per heavy atom. The summed E-state index contributed by atoms with van der Waals surface area (Å²) in [5.74, 6) is 0. The first-order valence-electron chi connectivity index (χ1n) is 18.0. The van der Waals surface area contributed by atoms with Crippen LogP contribution in [0.3, 0.4) is 0 Å². The van der Waals surface area contributed by atoms with Gasteiger partial charge in [0.15, 0.2) is 0 Å². The Morgan fingerprint density at radius 2 is 1.00 bits per heavy atom. The van der Waals surface area contributed by atoms with Gasteiger partial charge < -0.3 is 9.80 Å². The third-order valence-electron chi connectivity index (χ3n) is 11.4. The van der Waals surface area contributed by atoms with Crippen LogP contribution in [0, 0.1) is 0 Å². The lowest BCUT2D eigenvalue weighted by Crippen LogP contribution is -2.19. The molecule has 0 bridgehead atoms. The predicted molar refractivity (Wildman–Crippen MR) is 219 cm³/mol. The Balaban J connectivity index is 1.20. The van der Waals surface area contributed by atoms with Gasteiger partial charge in [-0.15, -0.1) is 0 Å². The fourth-order valence-corrected chi connectivity index (χ4v) is 9.32. The highest BCUT2D eigenvalue weighted by atomic mass is 79.9. The molecule has 3 aliphatic rings. The van der Waals surface area contributed by atoms with Crippen LogP contribution in [0.15, 0.2) is 162 Å². The number of rotatable bonds is 6. The quantitative estimate of drug-likeness (QED) is 0.169. The first kappa shape index (κ1) is 31.8. The number of nitrogens with zero attached hydrogens (tertiary/aromatic N) is 2. The number of allylic oxidation sites excluding steroid dienone is 4. The van der Waals surface area contributed by atoms with Crippen molar-refractivity contribution in [2.75, 3.05) is 9.80 Å². The molecule has 3 aliphatic carbocycles. The second-order valence-corrected chi connectivity index (χ2v) is 16.0. The van der Waals surface area contributed by atoms with Crippen molar-refractivity contribution in [3.8, 4) is 11.1 Å². The van der Waals surface area contributed by atoms with Crippen molar-refractivity contribution >= 4 is 55.6 Å². The van der Waals surface area contributed by atoms with E-state index in [0.29, 0.717) is 0 Å². The number of para-hydroxylation sites is 2. The predicted octanol–water partition coefficient (Wildman–Crippen LogP) is 14.1. The van der Waals surface area contributed by atoms with Gasteiger partial charge >= 0.3 is 0 Å². The lowest BCUT2D eigenvalue weighted by Gasteiger charge is -2.31. The molecule has 0 amide bonds. The van der Waals surface area contributed by atoms with Gasteiger partial charge in [-0.25, -0.2) is 0 Å². The molecule has 0 heterocycles. The Kier molecular flexibility index (Phi) is 7.49. The maximum absolute atomic E-state index is 3.97. The summed E-state index contributed by atoms with van der Waals surface area (Å²) in [4.78, 5) is 4.80. The smallest absolute Gasteiger partial charge is 0.0493 e. The molecular weight excluding hydrogens is 684 g/mol. The zero-order chi connectivity index (χ0) is 34.9. The van der Waals surface area contributed by atoms with E-state index >= 15 is 0 Å². The minimum absolute atomic E-state index is 0.0126. The number of anilines is 6. The van der Waals surface area contributed by atoms with Crippen LogP contribution >= 0.6 is 15.9 Å². The number of fused-ring (bicyclic) bond motifs is 5. The first-order chi connectivity index (χ1) is 24.7. The molecule has 0 radical (unpaired) electrons. The van der Waals surface area contributed by atoms with E-state index in [1.807, 2.05) is 0 Å². The van der Waals surface area contributed by atoms with E-state index in [0.717, 1.165) is 51.4 Å². The van der Waals surface area contributed by atoms with Crippen molar-refractivity contribution in [3.63, 3.8) is 0 Å². The molecule has 0 fully saturated rings. The van der Waals surface area contributed by atoms with Crippen molar-refractivity contribution < 1.29 is 0 Å². The highest BCUT2D eigenvalue weighted by Gasteiger charge is 2.38. The zero-order valence-electron chi connectivity index (χ0n) is 29.6. The van der Waals surface area contributed by atoms with Gasteiger partial charge in [-0.2, -0.15) is 0 Å². The largest absolute Gasteiger partial charge is 0.310 e. The molecule has 0 N–H and O–H groups in total. The molecule has 2 nitrogen and oxygen atoms in total. The fraction of sp³-hybridized carbons (Fsp3) is 0.167. The van der Waals surface area contributed by atoms with Gasteiger partial charge in [0.05, 0.1) is 0 Å². The van der Waals surface area contributed by atoms with Crippen LogP contribution in [-0.4, -0.2) is 0 Å². The van der Waals surface area contributed by atoms with E-state index in [1.54, 1.807) is 5.57 Å². The molecule has 0 saturated heterocycles. The lowest BCUT2D eigenvalue weighted by molar-refractivity contribution is 0.607. The first-order valence-corrected chi connectivity index (χ1v) is 18.8. The molecule has 0 aliphatic heterocycles. The van der Waals surface area contributed by atoms with Gasteiger partial charge in [0, 0.05) is 49.4 Å². The summed E-state index contributed by atoms with van der Waals surface area (Å²) >= 11 is 3.97. The molecule has 6 aromatic carbocycles. The Bertz CT molecular complexity index is 2380. The van der Waals surface area contributed by atoms with Crippen LogP contribution in [0.4, 0.5) is 34.1 Å². The highest BCUT2D eigenvalue weighted by molar-refractivity contribution is 9.10. The lowest BCUT2D eigenvalue weighted by atomic mass is 9.78. The van der Waals surface area contributed by atoms with Crippen LogP contribution in [0.25, 0.3) is 16.7 Å². The fourth-order valence-electron chi connectivity index (χ4n) is 8.85. The molecule has 6 aromatic rings. The van der Waals surface area contributed by atoms with Crippen molar-refractivity contribution in [1.82, 2.24) is 0 Å². The summed E-state index contributed by atoms with van der Waals surface area (Å²) in [7, 11) is 0. The van der Waals surface area contributed by atoms with E-state index in [1.165, 1.54) is 39.0 Å². The molecule has 250 valence electrons. The maximum Gasteiger partial charge on any atom is 0.0493 e. The molecule has 0 atom stereocenters. The van der Waals surface area contributed by atoms with E-state index in [2.05, 4.69) is 205 Å². The molecular formula is C48H41BrN2. The second kappa shape index (κ2) is 12.0. The normalized spacial score (nSPS) is 15.9. The summed E-state index contributed by atoms with van der Waals surface area (Å²) in [6, 6.07) is 51.3. The van der Waals surface area contributed by atoms with Crippen LogP contribution in [-0.2, 0) is 10.8 Å². The van der Waals surface area contributed by atoms with Crippen LogP contribution in [0.2, 0.25) is 0 Å². The van der Waals surface area contributed by atoms with E-state index in [4.69, 9.17) is 0 Å². The summed E-state index contributed by atoms with van der Waals surface area (Å²) in [6.07, 6.45) is 6.92. The topological polar surface area (TPSA) is 6.48 Å². The molecule has 0 saturated carbocycles. The monoisotopic (exact) mass is 724 g/mol. The summed E-state index contributed by atoms with van der Waals surface area (Å²) < 4.78 is 1.02. The van der Waals surface area contributed by atoms with E-state index < -0.39 is 0 Å². The Morgan fingerprint density at radius 1 is 0.471 bits per heavy atom. The van der Waals surface area contributed by atoms with Crippen molar-refractivity contribution in [2.24, 2.45) is 0 Å². The molecule has 0 spiro atoms. The minimum Gasteiger partial charge on any atom is -0.310 e. The molecule has 0 aromatic heterocycles. The van der Waals surface area contributed by atoms with Gasteiger partial charge in [-0.05, 0) is 119 Å². The van der Waals surface area contributed by atoms with Gasteiger partial charge in [0.2, 0.25) is 0 Å². The van der Waals surface area contributed by atoms with Crippen LogP contribution < -0.4 is 9.80 Å². The molecule has 3 heteroatoms. The number of benzene rings is 6. The Hall–Kier alpha value is -5.12. The third kappa shape index (κ3) is 5.13. The third-order valence-corrected chi connectivity index (χ3v) is 11.8. The van der Waals surface area contributed by atoms with Crippen LogP contribution in [0.5, 0.6) is 0 Å². The molecule has 0 unspecified atom stereocenters. The zero-order valence-corrected chi connectivity index (χ0v) is 31.2. The van der Waals surface area contributed by atoms with Crippen molar-refractivity contribution in [2.45, 2.75) is 51.4 Å². The average molecular weight is 726 g/mol. The molecule has 9 rings (SSSR count). The Labute approximate surface area is 310 Å². The summed E-state index contributed by atoms with van der Waals surface area (Å²) in [6.45, 7) is 9.50. The number of hydrogen-bond acceptors (Lipinski definition) is 2. The summed E-state index contributed by atoms with van der Waals surface area (Å²) in [5.41, 5.74) is 17.8. The van der Waals surface area contributed by atoms with Gasteiger partial charge in [-0.1, -0.05) is 134 Å². The average Bonchev–Trinajstić information content (AvgIpc) is 3.52. The van der Waals surface area contributed by atoms with Gasteiger partial charge in [-0.3, -0.25) is 0 Å². The standard InChI is InChI=1S/C48H41BrN2/c1-47(2)43-21-13-11-19-39(43)41-25-23-35(30-45(41)47)50(33-15-7-5-8-16-33)37-27-32(49)28-38(29-37)51(34-17-9-6-10-18-34)36-24-26-42-40-20-12-14-22-44(40)48(3,4)46(42)31-36/h5-13,15-21,23-31H,14,22H2,1-4H3. The minimum atomic E-state index is -0.0952. The maximum atomic E-state index is 3.97.